The lowest BCUT2D eigenvalue weighted by atomic mass is 10.1. The minimum Gasteiger partial charge on any atom is -0.491 e. The van der Waals surface area contributed by atoms with E-state index < -0.39 is 23.9 Å². The normalized spacial score (nSPS) is 12.2. The van der Waals surface area contributed by atoms with E-state index in [1.165, 1.54) is 12.1 Å². The maximum atomic E-state index is 12.7. The Kier molecular flexibility index (Phi) is 8.89. The minimum atomic E-state index is -4.49. The van der Waals surface area contributed by atoms with E-state index in [9.17, 15) is 27.9 Å². The molecule has 4 N–H and O–H groups in total. The first-order valence-electron chi connectivity index (χ1n) is 9.96. The zero-order chi connectivity index (χ0) is 23.7. The van der Waals surface area contributed by atoms with Crippen LogP contribution < -0.4 is 20.7 Å². The van der Waals surface area contributed by atoms with Gasteiger partial charge < -0.3 is 25.8 Å². The number of rotatable bonds is 9. The van der Waals surface area contributed by atoms with Crippen LogP contribution in [0.1, 0.15) is 25.8 Å². The van der Waals surface area contributed by atoms with Gasteiger partial charge in [0.05, 0.1) is 5.56 Å². The maximum absolute atomic E-state index is 12.7. The summed E-state index contributed by atoms with van der Waals surface area (Å²) in [4.78, 5) is 23.7. The van der Waals surface area contributed by atoms with Gasteiger partial charge in [0.25, 0.3) is 0 Å². The van der Waals surface area contributed by atoms with Crippen molar-refractivity contribution in [3.63, 3.8) is 0 Å². The molecule has 1 unspecified atom stereocenters. The second kappa shape index (κ2) is 11.4. The summed E-state index contributed by atoms with van der Waals surface area (Å²) in [6.45, 7) is 3.42. The number of carbonyl (C=O) groups excluding carboxylic acids is 2. The molecule has 2 aromatic rings. The zero-order valence-electron chi connectivity index (χ0n) is 17.7. The van der Waals surface area contributed by atoms with Crippen LogP contribution in [-0.4, -0.2) is 36.3 Å². The van der Waals surface area contributed by atoms with Crippen molar-refractivity contribution in [3.8, 4) is 5.75 Å². The second-order valence-corrected chi connectivity index (χ2v) is 7.55. The molecule has 0 saturated heterocycles. The number of amides is 3. The summed E-state index contributed by atoms with van der Waals surface area (Å²) in [6, 6.07) is 10.2. The minimum absolute atomic E-state index is 0.0381. The van der Waals surface area contributed by atoms with Crippen LogP contribution in [0, 0.1) is 5.92 Å². The van der Waals surface area contributed by atoms with E-state index in [2.05, 4.69) is 16.0 Å². The van der Waals surface area contributed by atoms with Gasteiger partial charge in [-0.25, -0.2) is 4.79 Å². The molecular formula is C22H26F3N3O4. The fraction of sp³-hybridized carbons (Fsp3) is 0.364. The molecule has 0 radical (unpaired) electrons. The van der Waals surface area contributed by atoms with Gasteiger partial charge in [0.15, 0.2) is 0 Å². The van der Waals surface area contributed by atoms with E-state index in [4.69, 9.17) is 4.74 Å². The van der Waals surface area contributed by atoms with Crippen LogP contribution in [0.5, 0.6) is 5.75 Å². The SMILES string of the molecule is CC(C)CC(=O)Nc1ccc(NC(=O)NCC(O)COc2cccc(C(F)(F)F)c2)cc1. The van der Waals surface area contributed by atoms with E-state index in [0.717, 1.165) is 12.1 Å². The van der Waals surface area contributed by atoms with Crippen molar-refractivity contribution in [3.05, 3.63) is 54.1 Å². The Labute approximate surface area is 184 Å². The van der Waals surface area contributed by atoms with Gasteiger partial charge >= 0.3 is 12.2 Å². The highest BCUT2D eigenvalue weighted by atomic mass is 19.4. The molecule has 2 aromatic carbocycles. The van der Waals surface area contributed by atoms with Crippen molar-refractivity contribution in [1.29, 1.82) is 0 Å². The lowest BCUT2D eigenvalue weighted by Gasteiger charge is -2.15. The first-order chi connectivity index (χ1) is 15.0. The van der Waals surface area contributed by atoms with E-state index in [1.54, 1.807) is 24.3 Å². The van der Waals surface area contributed by atoms with Crippen LogP contribution in [0.4, 0.5) is 29.3 Å². The van der Waals surface area contributed by atoms with Gasteiger partial charge in [0.2, 0.25) is 5.91 Å². The van der Waals surface area contributed by atoms with Crippen LogP contribution in [0.3, 0.4) is 0 Å². The molecule has 32 heavy (non-hydrogen) atoms. The molecule has 0 spiro atoms. The largest absolute Gasteiger partial charge is 0.491 e. The fourth-order valence-electron chi connectivity index (χ4n) is 2.62. The zero-order valence-corrected chi connectivity index (χ0v) is 17.7. The van der Waals surface area contributed by atoms with Crippen molar-refractivity contribution in [1.82, 2.24) is 5.32 Å². The number of nitrogens with one attached hydrogen (secondary N) is 3. The Morgan fingerprint density at radius 2 is 1.66 bits per heavy atom. The number of aliphatic hydroxyl groups is 1. The molecule has 7 nitrogen and oxygen atoms in total. The smallest absolute Gasteiger partial charge is 0.416 e. The van der Waals surface area contributed by atoms with E-state index in [0.29, 0.717) is 17.8 Å². The highest BCUT2D eigenvalue weighted by Crippen LogP contribution is 2.31. The number of benzene rings is 2. The lowest BCUT2D eigenvalue weighted by Crippen LogP contribution is -2.37. The third-order valence-electron chi connectivity index (χ3n) is 4.12. The lowest BCUT2D eigenvalue weighted by molar-refractivity contribution is -0.137. The monoisotopic (exact) mass is 453 g/mol. The molecule has 1 atom stereocenters. The number of ether oxygens (including phenoxy) is 1. The quantitative estimate of drug-likeness (QED) is 0.456. The number of alkyl halides is 3. The maximum Gasteiger partial charge on any atom is 0.416 e. The summed E-state index contributed by atoms with van der Waals surface area (Å²) in [5.74, 6) is 0.106. The van der Waals surface area contributed by atoms with Crippen molar-refractivity contribution < 1.29 is 32.6 Å². The third-order valence-corrected chi connectivity index (χ3v) is 4.12. The standard InChI is InChI=1S/C22H26F3N3O4/c1-14(2)10-20(30)27-16-6-8-17(9-7-16)28-21(31)26-12-18(29)13-32-19-5-3-4-15(11-19)22(23,24)25/h3-9,11,14,18,29H,10,12-13H2,1-2H3,(H,27,30)(H2,26,28,31). The number of carbonyl (C=O) groups is 2. The molecule has 2 rings (SSSR count). The summed E-state index contributed by atoms with van der Waals surface area (Å²) in [7, 11) is 0. The predicted octanol–water partition coefficient (Wildman–Crippen LogP) is 4.25. The van der Waals surface area contributed by atoms with Crippen molar-refractivity contribution in [2.24, 2.45) is 5.92 Å². The average molecular weight is 453 g/mol. The summed E-state index contributed by atoms with van der Waals surface area (Å²) < 4.78 is 43.3. The topological polar surface area (TPSA) is 99.7 Å². The highest BCUT2D eigenvalue weighted by molar-refractivity contribution is 5.92. The van der Waals surface area contributed by atoms with Crippen LogP contribution in [0.25, 0.3) is 0 Å². The van der Waals surface area contributed by atoms with Crippen molar-refractivity contribution >= 4 is 23.3 Å². The van der Waals surface area contributed by atoms with Gasteiger partial charge in [-0.1, -0.05) is 19.9 Å². The number of anilines is 2. The van der Waals surface area contributed by atoms with Crippen molar-refractivity contribution in [2.75, 3.05) is 23.8 Å². The Hall–Kier alpha value is -3.27. The summed E-state index contributed by atoms with van der Waals surface area (Å²) >= 11 is 0. The highest BCUT2D eigenvalue weighted by Gasteiger charge is 2.30. The van der Waals surface area contributed by atoms with E-state index in [-0.39, 0.29) is 30.7 Å². The molecule has 10 heteroatoms. The number of aliphatic hydroxyl groups excluding tert-OH is 1. The molecule has 0 aliphatic rings. The molecule has 0 aliphatic heterocycles. The van der Waals surface area contributed by atoms with Crippen molar-refractivity contribution in [2.45, 2.75) is 32.5 Å². The molecular weight excluding hydrogens is 427 g/mol. The molecule has 0 aromatic heterocycles. The van der Waals surface area contributed by atoms with Gasteiger partial charge in [-0.15, -0.1) is 0 Å². The molecule has 0 saturated carbocycles. The number of halogens is 3. The van der Waals surface area contributed by atoms with Crippen LogP contribution >= 0.6 is 0 Å². The van der Waals surface area contributed by atoms with Gasteiger partial charge in [0.1, 0.15) is 18.5 Å². The van der Waals surface area contributed by atoms with E-state index in [1.807, 2.05) is 13.8 Å². The first kappa shape index (κ1) is 25.0. The molecule has 0 bridgehead atoms. The van der Waals surface area contributed by atoms with Gasteiger partial charge in [-0.2, -0.15) is 13.2 Å². The average Bonchev–Trinajstić information content (AvgIpc) is 2.71. The fourth-order valence-corrected chi connectivity index (χ4v) is 2.62. The molecule has 174 valence electrons. The Bertz CT molecular complexity index is 902. The third kappa shape index (κ3) is 8.84. The number of hydrogen-bond acceptors (Lipinski definition) is 4. The van der Waals surface area contributed by atoms with Gasteiger partial charge in [-0.05, 0) is 48.4 Å². The van der Waals surface area contributed by atoms with E-state index >= 15 is 0 Å². The Morgan fingerprint density at radius 3 is 2.25 bits per heavy atom. The van der Waals surface area contributed by atoms with Crippen LogP contribution in [-0.2, 0) is 11.0 Å². The Morgan fingerprint density at radius 1 is 1.03 bits per heavy atom. The summed E-state index contributed by atoms with van der Waals surface area (Å²) in [6.07, 6.45) is -5.22. The number of hydrogen-bond donors (Lipinski definition) is 4. The summed E-state index contributed by atoms with van der Waals surface area (Å²) in [5, 5.41) is 17.7. The van der Waals surface area contributed by atoms with Crippen LogP contribution in [0.2, 0.25) is 0 Å². The first-order valence-corrected chi connectivity index (χ1v) is 9.96. The molecule has 0 fully saturated rings. The van der Waals surface area contributed by atoms with Crippen LogP contribution in [0.15, 0.2) is 48.5 Å². The van der Waals surface area contributed by atoms with Gasteiger partial charge in [0, 0.05) is 24.3 Å². The van der Waals surface area contributed by atoms with Gasteiger partial charge in [-0.3, -0.25) is 4.79 Å². The predicted molar refractivity (Wildman–Crippen MR) is 114 cm³/mol. The summed E-state index contributed by atoms with van der Waals surface area (Å²) in [5.41, 5.74) is 0.218. The molecule has 0 aliphatic carbocycles. The molecule has 0 heterocycles. The molecule has 3 amide bonds. The second-order valence-electron chi connectivity index (χ2n) is 7.55. The number of urea groups is 1. The Balaban J connectivity index is 1.74.